The van der Waals surface area contributed by atoms with Gasteiger partial charge in [-0.25, -0.2) is 0 Å². The van der Waals surface area contributed by atoms with Crippen molar-refractivity contribution in [1.29, 1.82) is 0 Å². The molecule has 0 aromatic heterocycles. The molecule has 2 N–H and O–H groups in total. The molecule has 0 saturated heterocycles. The van der Waals surface area contributed by atoms with Crippen molar-refractivity contribution in [2.45, 2.75) is 39.7 Å². The summed E-state index contributed by atoms with van der Waals surface area (Å²) >= 11 is 5.96. The zero-order valence-corrected chi connectivity index (χ0v) is 12.0. The van der Waals surface area contributed by atoms with Gasteiger partial charge in [-0.3, -0.25) is 4.79 Å². The van der Waals surface area contributed by atoms with Crippen molar-refractivity contribution >= 4 is 23.2 Å². The number of carbonyl (C=O) groups is 1. The molecule has 0 fully saturated rings. The Hall–Kier alpha value is -1.22. The number of halogens is 1. The Morgan fingerprint density at radius 2 is 1.94 bits per heavy atom. The predicted octanol–water partition coefficient (Wildman–Crippen LogP) is 3.69. The number of amides is 1. The van der Waals surface area contributed by atoms with E-state index in [1.165, 1.54) is 0 Å². The Bertz CT molecular complexity index is 403. The first kappa shape index (κ1) is 14.8. The molecular weight excluding hydrogens is 248 g/mol. The van der Waals surface area contributed by atoms with Gasteiger partial charge < -0.3 is 10.6 Å². The monoisotopic (exact) mass is 268 g/mol. The lowest BCUT2D eigenvalue weighted by atomic mass is 10.1. The van der Waals surface area contributed by atoms with Crippen LogP contribution in [0.1, 0.15) is 44.0 Å². The molecule has 0 aliphatic heterocycles. The number of hydrogen-bond acceptors (Lipinski definition) is 2. The van der Waals surface area contributed by atoms with Crippen LogP contribution in [-0.2, 0) is 0 Å². The number of anilines is 1. The molecule has 1 aromatic carbocycles. The molecule has 0 unspecified atom stereocenters. The van der Waals surface area contributed by atoms with Crippen LogP contribution in [0.4, 0.5) is 5.69 Å². The molecule has 1 aromatic rings. The van der Waals surface area contributed by atoms with E-state index in [9.17, 15) is 4.79 Å². The summed E-state index contributed by atoms with van der Waals surface area (Å²) in [6.07, 6.45) is 1.86. The largest absolute Gasteiger partial charge is 0.385 e. The van der Waals surface area contributed by atoms with Gasteiger partial charge in [0.25, 0.3) is 5.91 Å². The van der Waals surface area contributed by atoms with Gasteiger partial charge in [-0.15, -0.1) is 0 Å². The molecule has 0 saturated carbocycles. The van der Waals surface area contributed by atoms with Crippen LogP contribution < -0.4 is 10.6 Å². The number of nitrogens with one attached hydrogen (secondary N) is 2. The number of carbonyl (C=O) groups excluding carboxylic acids is 1. The summed E-state index contributed by atoms with van der Waals surface area (Å²) in [5.41, 5.74) is 1.43. The lowest BCUT2D eigenvalue weighted by molar-refractivity contribution is 0.0935. The van der Waals surface area contributed by atoms with Gasteiger partial charge in [0.15, 0.2) is 0 Å². The van der Waals surface area contributed by atoms with Gasteiger partial charge >= 0.3 is 0 Å². The van der Waals surface area contributed by atoms with Crippen LogP contribution in [0.3, 0.4) is 0 Å². The Labute approximate surface area is 114 Å². The van der Waals surface area contributed by atoms with E-state index >= 15 is 0 Å². The third-order valence-electron chi connectivity index (χ3n) is 2.91. The highest BCUT2D eigenvalue weighted by atomic mass is 35.5. The van der Waals surface area contributed by atoms with Crippen molar-refractivity contribution in [1.82, 2.24) is 5.32 Å². The highest BCUT2D eigenvalue weighted by molar-refractivity contribution is 6.31. The summed E-state index contributed by atoms with van der Waals surface area (Å²) in [7, 11) is 0. The summed E-state index contributed by atoms with van der Waals surface area (Å²) in [5, 5.41) is 6.77. The number of hydrogen-bond donors (Lipinski definition) is 2. The van der Waals surface area contributed by atoms with Crippen LogP contribution in [0.2, 0.25) is 5.02 Å². The maximum Gasteiger partial charge on any atom is 0.253 e. The molecule has 0 spiro atoms. The average Bonchev–Trinajstić information content (AvgIpc) is 2.38. The van der Waals surface area contributed by atoms with Crippen LogP contribution in [0, 0.1) is 0 Å². The molecule has 0 aliphatic carbocycles. The number of rotatable bonds is 6. The van der Waals surface area contributed by atoms with Crippen molar-refractivity contribution in [3.8, 4) is 0 Å². The minimum absolute atomic E-state index is 0.0675. The second kappa shape index (κ2) is 7.27. The molecule has 1 rings (SSSR count). The molecule has 0 heterocycles. The second-order valence-corrected chi connectivity index (χ2v) is 4.64. The lowest BCUT2D eigenvalue weighted by Crippen LogP contribution is -2.34. The Morgan fingerprint density at radius 1 is 1.28 bits per heavy atom. The summed E-state index contributed by atoms with van der Waals surface area (Å²) in [6.45, 7) is 6.90. The summed E-state index contributed by atoms with van der Waals surface area (Å²) in [5.74, 6) is -0.0675. The van der Waals surface area contributed by atoms with Gasteiger partial charge in [-0.1, -0.05) is 25.4 Å². The zero-order chi connectivity index (χ0) is 13.5. The maximum atomic E-state index is 12.2. The lowest BCUT2D eigenvalue weighted by Gasteiger charge is -2.17. The van der Waals surface area contributed by atoms with Crippen LogP contribution >= 0.6 is 11.6 Å². The minimum atomic E-state index is -0.0675. The van der Waals surface area contributed by atoms with Gasteiger partial charge in [0.2, 0.25) is 0 Å². The molecule has 4 heteroatoms. The van der Waals surface area contributed by atoms with E-state index in [1.54, 1.807) is 12.1 Å². The SMILES string of the molecule is CCNc1ccc(Cl)cc1C(=O)NC(CC)CC. The smallest absolute Gasteiger partial charge is 0.253 e. The molecule has 100 valence electrons. The summed E-state index contributed by atoms with van der Waals surface area (Å²) in [6, 6.07) is 5.55. The first-order chi connectivity index (χ1) is 8.62. The maximum absolute atomic E-state index is 12.2. The molecule has 0 atom stereocenters. The third kappa shape index (κ3) is 3.91. The van der Waals surface area contributed by atoms with E-state index in [0.717, 1.165) is 25.1 Å². The first-order valence-corrected chi connectivity index (χ1v) is 6.84. The Kier molecular flexibility index (Phi) is 5.99. The highest BCUT2D eigenvalue weighted by Gasteiger charge is 2.14. The molecule has 0 radical (unpaired) electrons. The van der Waals surface area contributed by atoms with Crippen molar-refractivity contribution in [3.63, 3.8) is 0 Å². The van der Waals surface area contributed by atoms with Gasteiger partial charge in [0, 0.05) is 23.3 Å². The van der Waals surface area contributed by atoms with Crippen LogP contribution in [0.25, 0.3) is 0 Å². The highest BCUT2D eigenvalue weighted by Crippen LogP contribution is 2.21. The third-order valence-corrected chi connectivity index (χ3v) is 3.15. The van der Waals surface area contributed by atoms with Crippen molar-refractivity contribution in [2.75, 3.05) is 11.9 Å². The Balaban J connectivity index is 2.92. The molecule has 0 aliphatic rings. The van der Waals surface area contributed by atoms with E-state index in [1.807, 2.05) is 13.0 Å². The topological polar surface area (TPSA) is 41.1 Å². The average molecular weight is 269 g/mol. The fourth-order valence-corrected chi connectivity index (χ4v) is 1.98. The molecule has 18 heavy (non-hydrogen) atoms. The summed E-state index contributed by atoms with van der Waals surface area (Å²) in [4.78, 5) is 12.2. The van der Waals surface area contributed by atoms with Crippen LogP contribution in [-0.4, -0.2) is 18.5 Å². The van der Waals surface area contributed by atoms with E-state index in [-0.39, 0.29) is 11.9 Å². The van der Waals surface area contributed by atoms with Crippen molar-refractivity contribution in [2.24, 2.45) is 0 Å². The normalized spacial score (nSPS) is 10.5. The van der Waals surface area contributed by atoms with Gasteiger partial charge in [-0.2, -0.15) is 0 Å². The fraction of sp³-hybridized carbons (Fsp3) is 0.500. The van der Waals surface area contributed by atoms with E-state index in [0.29, 0.717) is 10.6 Å². The van der Waals surface area contributed by atoms with E-state index in [4.69, 9.17) is 11.6 Å². The molecule has 1 amide bonds. The van der Waals surface area contributed by atoms with Gasteiger partial charge in [0.1, 0.15) is 0 Å². The Morgan fingerprint density at radius 3 is 2.50 bits per heavy atom. The predicted molar refractivity (Wildman–Crippen MR) is 77.5 cm³/mol. The minimum Gasteiger partial charge on any atom is -0.385 e. The fourth-order valence-electron chi connectivity index (χ4n) is 1.80. The summed E-state index contributed by atoms with van der Waals surface area (Å²) < 4.78 is 0. The quantitative estimate of drug-likeness (QED) is 0.826. The van der Waals surface area contributed by atoms with Gasteiger partial charge in [-0.05, 0) is 38.0 Å². The van der Waals surface area contributed by atoms with Crippen LogP contribution in [0.15, 0.2) is 18.2 Å². The molecule has 0 bridgehead atoms. The van der Waals surface area contributed by atoms with E-state index in [2.05, 4.69) is 24.5 Å². The van der Waals surface area contributed by atoms with Crippen molar-refractivity contribution < 1.29 is 4.79 Å². The van der Waals surface area contributed by atoms with Crippen LogP contribution in [0.5, 0.6) is 0 Å². The second-order valence-electron chi connectivity index (χ2n) is 4.21. The first-order valence-electron chi connectivity index (χ1n) is 6.46. The van der Waals surface area contributed by atoms with Gasteiger partial charge in [0.05, 0.1) is 5.56 Å². The zero-order valence-electron chi connectivity index (χ0n) is 11.2. The molecular formula is C14H21ClN2O. The number of benzene rings is 1. The van der Waals surface area contributed by atoms with E-state index < -0.39 is 0 Å². The van der Waals surface area contributed by atoms with Crippen molar-refractivity contribution in [3.05, 3.63) is 28.8 Å². The standard InChI is InChI=1S/C14H21ClN2O/c1-4-11(5-2)17-14(18)12-9-10(15)7-8-13(12)16-6-3/h7-9,11,16H,4-6H2,1-3H3,(H,17,18). The molecule has 3 nitrogen and oxygen atoms in total.